The van der Waals surface area contributed by atoms with Crippen LogP contribution < -0.4 is 0 Å². The molecule has 1 aliphatic rings. The van der Waals surface area contributed by atoms with Crippen molar-refractivity contribution in [1.29, 1.82) is 0 Å². The van der Waals surface area contributed by atoms with Crippen molar-refractivity contribution in [3.8, 4) is 11.4 Å². The SMILES string of the molecule is CCN(C(=O)/C(=C/c1cccs1)n1nnnc1-c1ccccc1)C1CCS(=O)(=O)C1. The summed E-state index contributed by atoms with van der Waals surface area (Å²) in [5, 5.41) is 13.9. The summed E-state index contributed by atoms with van der Waals surface area (Å²) >= 11 is 1.49. The lowest BCUT2D eigenvalue weighted by molar-refractivity contribution is -0.127. The summed E-state index contributed by atoms with van der Waals surface area (Å²) in [6, 6.07) is 12.8. The van der Waals surface area contributed by atoms with Gasteiger partial charge in [-0.25, -0.2) is 8.42 Å². The van der Waals surface area contributed by atoms with Gasteiger partial charge in [0, 0.05) is 23.0 Å². The normalized spacial score (nSPS) is 18.4. The molecule has 8 nitrogen and oxygen atoms in total. The van der Waals surface area contributed by atoms with Crippen LogP contribution in [-0.2, 0) is 14.6 Å². The first-order valence-electron chi connectivity index (χ1n) is 9.59. The molecule has 1 aromatic carbocycles. The molecule has 10 heteroatoms. The smallest absolute Gasteiger partial charge is 0.272 e. The van der Waals surface area contributed by atoms with Gasteiger partial charge in [-0.15, -0.1) is 16.4 Å². The van der Waals surface area contributed by atoms with Gasteiger partial charge in [-0.3, -0.25) is 4.79 Å². The van der Waals surface area contributed by atoms with Crippen LogP contribution in [0, 0.1) is 0 Å². The highest BCUT2D eigenvalue weighted by atomic mass is 32.2. The van der Waals surface area contributed by atoms with Crippen LogP contribution in [0.3, 0.4) is 0 Å². The molecule has 1 amide bonds. The molecule has 2 aromatic heterocycles. The van der Waals surface area contributed by atoms with Crippen molar-refractivity contribution < 1.29 is 13.2 Å². The van der Waals surface area contributed by atoms with Crippen molar-refractivity contribution in [3.05, 3.63) is 52.7 Å². The first kappa shape index (κ1) is 20.4. The van der Waals surface area contributed by atoms with Crippen LogP contribution in [0.4, 0.5) is 0 Å². The Morgan fingerprint density at radius 2 is 2.07 bits per heavy atom. The number of sulfone groups is 1. The largest absolute Gasteiger partial charge is 0.334 e. The second-order valence-electron chi connectivity index (χ2n) is 6.97. The van der Waals surface area contributed by atoms with E-state index in [1.807, 2.05) is 54.8 Å². The van der Waals surface area contributed by atoms with Gasteiger partial charge >= 0.3 is 0 Å². The number of carbonyl (C=O) groups excluding carboxylic acids is 1. The molecule has 0 saturated carbocycles. The Kier molecular flexibility index (Phi) is 5.78. The van der Waals surface area contributed by atoms with Crippen molar-refractivity contribution in [2.75, 3.05) is 18.1 Å². The van der Waals surface area contributed by atoms with Crippen LogP contribution in [0.25, 0.3) is 23.2 Å². The summed E-state index contributed by atoms with van der Waals surface area (Å²) < 4.78 is 25.4. The quantitative estimate of drug-likeness (QED) is 0.543. The van der Waals surface area contributed by atoms with Crippen LogP contribution in [0.2, 0.25) is 0 Å². The van der Waals surface area contributed by atoms with E-state index < -0.39 is 9.84 Å². The van der Waals surface area contributed by atoms with Crippen molar-refractivity contribution in [1.82, 2.24) is 25.1 Å². The Morgan fingerprint density at radius 3 is 2.70 bits per heavy atom. The molecule has 0 aliphatic carbocycles. The van der Waals surface area contributed by atoms with Crippen molar-refractivity contribution in [2.45, 2.75) is 19.4 Å². The topological polar surface area (TPSA) is 98.1 Å². The molecule has 0 spiro atoms. The van der Waals surface area contributed by atoms with E-state index in [0.29, 0.717) is 18.8 Å². The van der Waals surface area contributed by atoms with E-state index in [0.717, 1.165) is 10.4 Å². The predicted molar refractivity (Wildman–Crippen MR) is 116 cm³/mol. The number of tetrazole rings is 1. The lowest BCUT2D eigenvalue weighted by Gasteiger charge is -2.27. The molecule has 0 radical (unpaired) electrons. The first-order valence-corrected chi connectivity index (χ1v) is 12.3. The number of carbonyl (C=O) groups is 1. The summed E-state index contributed by atoms with van der Waals surface area (Å²) in [4.78, 5) is 16.1. The Labute approximate surface area is 178 Å². The molecular formula is C20H21N5O3S2. The molecular weight excluding hydrogens is 422 g/mol. The monoisotopic (exact) mass is 443 g/mol. The number of aromatic nitrogens is 4. The molecule has 1 atom stereocenters. The lowest BCUT2D eigenvalue weighted by atomic mass is 10.2. The Morgan fingerprint density at radius 1 is 1.27 bits per heavy atom. The third kappa shape index (κ3) is 4.19. The molecule has 3 aromatic rings. The van der Waals surface area contributed by atoms with Crippen molar-refractivity contribution in [2.24, 2.45) is 0 Å². The minimum Gasteiger partial charge on any atom is -0.334 e. The van der Waals surface area contributed by atoms with Crippen LogP contribution in [0.15, 0.2) is 47.8 Å². The number of hydrogen-bond acceptors (Lipinski definition) is 7. The van der Waals surface area contributed by atoms with Crippen LogP contribution in [-0.4, -0.2) is 63.5 Å². The maximum atomic E-state index is 13.6. The zero-order chi connectivity index (χ0) is 21.1. The van der Waals surface area contributed by atoms with E-state index in [1.165, 1.54) is 16.0 Å². The second kappa shape index (κ2) is 8.49. The highest BCUT2D eigenvalue weighted by Gasteiger charge is 2.36. The second-order valence-corrected chi connectivity index (χ2v) is 10.2. The van der Waals surface area contributed by atoms with Crippen LogP contribution in [0.5, 0.6) is 0 Å². The van der Waals surface area contributed by atoms with E-state index in [-0.39, 0.29) is 29.2 Å². The third-order valence-electron chi connectivity index (χ3n) is 5.02. The first-order chi connectivity index (χ1) is 14.5. The standard InChI is InChI=1S/C20H21N5O3S2/c1-2-24(16-10-12-30(27,28)14-16)20(26)18(13-17-9-6-11-29-17)25-19(21-22-23-25)15-7-4-3-5-8-15/h3-9,11,13,16H,2,10,12,14H2,1H3/b18-13-. The van der Waals surface area contributed by atoms with Gasteiger partial charge in [0.05, 0.1) is 11.5 Å². The lowest BCUT2D eigenvalue weighted by Crippen LogP contribution is -2.42. The number of benzene rings is 1. The van der Waals surface area contributed by atoms with E-state index >= 15 is 0 Å². The van der Waals surface area contributed by atoms with Gasteiger partial charge in [0.2, 0.25) is 0 Å². The molecule has 30 heavy (non-hydrogen) atoms. The van der Waals surface area contributed by atoms with E-state index in [2.05, 4.69) is 15.5 Å². The van der Waals surface area contributed by atoms with Gasteiger partial charge in [-0.1, -0.05) is 36.4 Å². The molecule has 156 valence electrons. The summed E-state index contributed by atoms with van der Waals surface area (Å²) in [6.07, 6.45) is 2.19. The Bertz CT molecular complexity index is 1150. The molecule has 1 aliphatic heterocycles. The summed E-state index contributed by atoms with van der Waals surface area (Å²) in [5.74, 6) is 0.241. The maximum absolute atomic E-state index is 13.6. The van der Waals surface area contributed by atoms with Gasteiger partial charge in [0.15, 0.2) is 15.7 Å². The van der Waals surface area contributed by atoms with E-state index in [1.54, 1.807) is 11.0 Å². The summed E-state index contributed by atoms with van der Waals surface area (Å²) in [7, 11) is -3.12. The van der Waals surface area contributed by atoms with Gasteiger partial charge in [0.1, 0.15) is 5.70 Å². The molecule has 0 N–H and O–H groups in total. The number of thiophene rings is 1. The van der Waals surface area contributed by atoms with Crippen LogP contribution >= 0.6 is 11.3 Å². The van der Waals surface area contributed by atoms with E-state index in [9.17, 15) is 13.2 Å². The number of amides is 1. The van der Waals surface area contributed by atoms with Crippen LogP contribution in [0.1, 0.15) is 18.2 Å². The molecule has 4 rings (SSSR count). The Hall–Kier alpha value is -2.85. The summed E-state index contributed by atoms with van der Waals surface area (Å²) in [6.45, 7) is 2.24. The predicted octanol–water partition coefficient (Wildman–Crippen LogP) is 2.44. The molecule has 1 saturated heterocycles. The molecule has 0 bridgehead atoms. The van der Waals surface area contributed by atoms with Gasteiger partial charge in [-0.2, -0.15) is 4.68 Å². The highest BCUT2D eigenvalue weighted by molar-refractivity contribution is 7.91. The minimum atomic E-state index is -3.12. The molecule has 1 fully saturated rings. The number of rotatable bonds is 6. The zero-order valence-corrected chi connectivity index (χ0v) is 18.0. The van der Waals surface area contributed by atoms with E-state index in [4.69, 9.17) is 0 Å². The Balaban J connectivity index is 1.77. The molecule has 1 unspecified atom stereocenters. The van der Waals surface area contributed by atoms with Crippen molar-refractivity contribution in [3.63, 3.8) is 0 Å². The number of likely N-dealkylation sites (N-methyl/N-ethyl adjacent to an activating group) is 1. The fourth-order valence-corrected chi connectivity index (χ4v) is 5.96. The average Bonchev–Trinajstić information content (AvgIpc) is 3.48. The average molecular weight is 444 g/mol. The third-order valence-corrected chi connectivity index (χ3v) is 7.59. The van der Waals surface area contributed by atoms with Gasteiger partial charge in [-0.05, 0) is 41.3 Å². The fourth-order valence-electron chi connectivity index (χ4n) is 3.57. The highest BCUT2D eigenvalue weighted by Crippen LogP contribution is 2.26. The van der Waals surface area contributed by atoms with Gasteiger partial charge in [0.25, 0.3) is 5.91 Å². The number of nitrogens with zero attached hydrogens (tertiary/aromatic N) is 5. The number of hydrogen-bond donors (Lipinski definition) is 0. The molecule has 3 heterocycles. The summed E-state index contributed by atoms with van der Waals surface area (Å²) in [5.41, 5.74) is 1.06. The fraction of sp³-hybridized carbons (Fsp3) is 0.300. The minimum absolute atomic E-state index is 0.0139. The van der Waals surface area contributed by atoms with Gasteiger partial charge < -0.3 is 4.90 Å². The van der Waals surface area contributed by atoms with Crippen molar-refractivity contribution >= 4 is 38.9 Å². The maximum Gasteiger partial charge on any atom is 0.272 e. The zero-order valence-electron chi connectivity index (χ0n) is 16.4.